The van der Waals surface area contributed by atoms with Gasteiger partial charge in [-0.15, -0.1) is 5.10 Å². The third-order valence-corrected chi connectivity index (χ3v) is 8.80. The van der Waals surface area contributed by atoms with E-state index in [1.54, 1.807) is 59.5 Å². The molecule has 280 valence electrons. The van der Waals surface area contributed by atoms with Crippen LogP contribution in [0.1, 0.15) is 28.9 Å². The number of benzene rings is 3. The fourth-order valence-corrected chi connectivity index (χ4v) is 6.03. The molecule has 0 spiro atoms. The molecule has 5 aromatic rings. The molecular weight excluding hydrogens is 724 g/mol. The first-order valence-corrected chi connectivity index (χ1v) is 17.1. The number of carbonyl (C=O) groups excluding carboxylic acids is 4. The number of rotatable bonds is 12. The molecule has 1 aliphatic heterocycles. The molecule has 0 radical (unpaired) electrons. The Hall–Kier alpha value is -6.37. The number of likely N-dealkylation sites (tertiary alicyclic amines) is 1. The van der Waals surface area contributed by atoms with Crippen molar-refractivity contribution in [2.75, 3.05) is 42.3 Å². The number of urea groups is 1. The van der Waals surface area contributed by atoms with Gasteiger partial charge in [-0.3, -0.25) is 14.4 Å². The van der Waals surface area contributed by atoms with Crippen LogP contribution in [0.5, 0.6) is 0 Å². The van der Waals surface area contributed by atoms with Crippen molar-refractivity contribution in [1.29, 1.82) is 0 Å². The largest absolute Gasteiger partial charge is 0.477 e. The van der Waals surface area contributed by atoms with Crippen molar-refractivity contribution in [3.05, 3.63) is 89.3 Å². The molecule has 1 fully saturated rings. The molecular formula is C35H35ClN10O8. The number of amides is 5. The zero-order valence-electron chi connectivity index (χ0n) is 28.5. The van der Waals surface area contributed by atoms with E-state index in [2.05, 4.69) is 41.8 Å². The van der Waals surface area contributed by atoms with Gasteiger partial charge < -0.3 is 46.1 Å². The highest BCUT2D eigenvalue weighted by Gasteiger charge is 2.27. The number of piperidine rings is 1. The molecule has 7 N–H and O–H groups in total. The summed E-state index contributed by atoms with van der Waals surface area (Å²) in [6, 6.07) is 15.8. The van der Waals surface area contributed by atoms with Crippen LogP contribution < -0.4 is 21.3 Å². The predicted octanol–water partition coefficient (Wildman–Crippen LogP) is 2.81. The summed E-state index contributed by atoms with van der Waals surface area (Å²) in [5.41, 5.74) is 2.40. The summed E-state index contributed by atoms with van der Waals surface area (Å²) in [5, 5.41) is 40.7. The lowest BCUT2D eigenvalue weighted by molar-refractivity contribution is -0.137. The van der Waals surface area contributed by atoms with Crippen molar-refractivity contribution < 1.29 is 38.9 Å². The SMILES string of the molecule is O=C(Nc1cc(Cl)ccc1-n1cnnn1)C(=O)N[C@@H](Cc1ccc(NC(=O)N2CCC(OCCO)CC2)cc1)C(=O)Nc1ccc2[nH]c(C(=O)O)cc2c1. The first-order valence-electron chi connectivity index (χ1n) is 16.8. The Labute approximate surface area is 311 Å². The van der Waals surface area contributed by atoms with E-state index in [1.807, 2.05) is 0 Å². The molecule has 54 heavy (non-hydrogen) atoms. The van der Waals surface area contributed by atoms with Crippen molar-refractivity contribution >= 4 is 69.3 Å². The van der Waals surface area contributed by atoms with Gasteiger partial charge in [0.2, 0.25) is 5.91 Å². The molecule has 3 heterocycles. The molecule has 1 atom stereocenters. The van der Waals surface area contributed by atoms with Crippen molar-refractivity contribution in [2.24, 2.45) is 0 Å². The summed E-state index contributed by atoms with van der Waals surface area (Å²) >= 11 is 6.15. The number of carboxylic acids is 1. The van der Waals surface area contributed by atoms with E-state index in [9.17, 15) is 29.1 Å². The number of anilines is 3. The Bertz CT molecular complexity index is 2150. The number of aromatic amines is 1. The number of ether oxygens (including phenoxy) is 1. The van der Waals surface area contributed by atoms with Crippen molar-refractivity contribution in [1.82, 2.24) is 35.4 Å². The van der Waals surface area contributed by atoms with E-state index in [0.717, 1.165) is 0 Å². The van der Waals surface area contributed by atoms with Crippen LogP contribution >= 0.6 is 11.6 Å². The summed E-state index contributed by atoms with van der Waals surface area (Å²) in [4.78, 5) is 69.0. The smallest absolute Gasteiger partial charge is 0.352 e. The number of aliphatic hydroxyl groups excluding tert-OH is 1. The van der Waals surface area contributed by atoms with Crippen LogP contribution in [0.25, 0.3) is 16.6 Å². The molecule has 1 aliphatic rings. The number of aromatic nitrogens is 5. The molecule has 3 aromatic carbocycles. The number of nitrogens with zero attached hydrogens (tertiary/aromatic N) is 5. The number of nitrogens with one attached hydrogen (secondary N) is 5. The molecule has 1 saturated heterocycles. The number of tetrazole rings is 1. The van der Waals surface area contributed by atoms with Crippen molar-refractivity contribution in [3.8, 4) is 5.69 Å². The summed E-state index contributed by atoms with van der Waals surface area (Å²) in [6.45, 7) is 1.20. The Morgan fingerprint density at radius 1 is 0.926 bits per heavy atom. The lowest BCUT2D eigenvalue weighted by Gasteiger charge is -2.31. The summed E-state index contributed by atoms with van der Waals surface area (Å²) in [7, 11) is 0. The van der Waals surface area contributed by atoms with Gasteiger partial charge in [0.05, 0.1) is 30.7 Å². The fourth-order valence-electron chi connectivity index (χ4n) is 5.85. The Balaban J connectivity index is 1.15. The highest BCUT2D eigenvalue weighted by Crippen LogP contribution is 2.24. The van der Waals surface area contributed by atoms with Gasteiger partial charge in [0.15, 0.2) is 0 Å². The van der Waals surface area contributed by atoms with Crippen LogP contribution in [-0.4, -0.2) is 108 Å². The van der Waals surface area contributed by atoms with E-state index in [4.69, 9.17) is 21.4 Å². The normalized spacial score (nSPS) is 13.6. The van der Waals surface area contributed by atoms with E-state index in [1.165, 1.54) is 23.1 Å². The van der Waals surface area contributed by atoms with Crippen LogP contribution in [0.3, 0.4) is 0 Å². The number of fused-ring (bicyclic) bond motifs is 1. The molecule has 0 aliphatic carbocycles. The molecule has 5 amide bonds. The molecule has 18 nitrogen and oxygen atoms in total. The van der Waals surface area contributed by atoms with Gasteiger partial charge in [-0.25, -0.2) is 9.59 Å². The van der Waals surface area contributed by atoms with E-state index >= 15 is 0 Å². The zero-order valence-corrected chi connectivity index (χ0v) is 29.2. The van der Waals surface area contributed by atoms with Crippen LogP contribution in [0.2, 0.25) is 5.02 Å². The first-order chi connectivity index (χ1) is 26.1. The number of hydrogen-bond acceptors (Lipinski definition) is 10. The van der Waals surface area contributed by atoms with Gasteiger partial charge in [-0.1, -0.05) is 23.7 Å². The Kier molecular flexibility index (Phi) is 11.8. The summed E-state index contributed by atoms with van der Waals surface area (Å²) < 4.78 is 6.84. The Morgan fingerprint density at radius 2 is 1.69 bits per heavy atom. The zero-order chi connectivity index (χ0) is 38.2. The quantitative estimate of drug-likeness (QED) is 0.0912. The third kappa shape index (κ3) is 9.34. The minimum absolute atomic E-state index is 0.00924. The molecule has 19 heteroatoms. The van der Waals surface area contributed by atoms with Gasteiger partial charge in [-0.05, 0) is 83.4 Å². The number of carbonyl (C=O) groups is 5. The molecule has 0 saturated carbocycles. The van der Waals surface area contributed by atoms with E-state index in [0.29, 0.717) is 59.5 Å². The second-order valence-corrected chi connectivity index (χ2v) is 12.7. The van der Waals surface area contributed by atoms with Crippen LogP contribution in [0.4, 0.5) is 21.9 Å². The average Bonchev–Trinajstić information content (AvgIpc) is 3.86. The average molecular weight is 759 g/mol. The number of carboxylic acid groups (broad SMARTS) is 1. The van der Waals surface area contributed by atoms with E-state index < -0.39 is 29.7 Å². The highest BCUT2D eigenvalue weighted by molar-refractivity contribution is 6.40. The molecule has 2 aromatic heterocycles. The maximum absolute atomic E-state index is 13.7. The van der Waals surface area contributed by atoms with Gasteiger partial charge in [0.25, 0.3) is 0 Å². The Morgan fingerprint density at radius 3 is 2.39 bits per heavy atom. The predicted molar refractivity (Wildman–Crippen MR) is 195 cm³/mol. The minimum Gasteiger partial charge on any atom is -0.477 e. The molecule has 0 unspecified atom stereocenters. The summed E-state index contributed by atoms with van der Waals surface area (Å²) in [5.74, 6) is -4.03. The van der Waals surface area contributed by atoms with Crippen LogP contribution in [0, 0.1) is 0 Å². The van der Waals surface area contributed by atoms with Gasteiger partial charge in [-0.2, -0.15) is 4.68 Å². The number of halogens is 1. The second kappa shape index (κ2) is 17.0. The van der Waals surface area contributed by atoms with Crippen LogP contribution in [0.15, 0.2) is 73.1 Å². The number of H-pyrrole nitrogens is 1. The van der Waals surface area contributed by atoms with E-state index in [-0.39, 0.29) is 48.2 Å². The topological polar surface area (TPSA) is 246 Å². The van der Waals surface area contributed by atoms with Crippen LogP contribution in [-0.2, 0) is 25.5 Å². The van der Waals surface area contributed by atoms with Gasteiger partial charge in [0.1, 0.15) is 18.1 Å². The lowest BCUT2D eigenvalue weighted by Crippen LogP contribution is -2.49. The lowest BCUT2D eigenvalue weighted by atomic mass is 10.0. The fraction of sp³-hybridized carbons (Fsp3) is 0.257. The number of aromatic carboxylic acids is 1. The minimum atomic E-state index is -1.27. The van der Waals surface area contributed by atoms with Gasteiger partial charge >= 0.3 is 23.8 Å². The highest BCUT2D eigenvalue weighted by atomic mass is 35.5. The van der Waals surface area contributed by atoms with Gasteiger partial charge in [0, 0.05) is 46.8 Å². The maximum Gasteiger partial charge on any atom is 0.352 e. The monoisotopic (exact) mass is 758 g/mol. The third-order valence-electron chi connectivity index (χ3n) is 8.57. The number of aliphatic hydroxyl groups is 1. The number of hydrogen-bond donors (Lipinski definition) is 7. The molecule has 0 bridgehead atoms. The second-order valence-electron chi connectivity index (χ2n) is 12.3. The summed E-state index contributed by atoms with van der Waals surface area (Å²) in [6.07, 6.45) is 2.54. The van der Waals surface area contributed by atoms with Crippen molar-refractivity contribution in [3.63, 3.8) is 0 Å². The first kappa shape index (κ1) is 37.4. The standard InChI is InChI=1S/C35H35ClN10O8/c36-22-3-8-30(46-19-37-43-44-46)27(18-22)41-32(49)33(50)42-28(31(48)38-24-6-7-26-21(16-24)17-29(40-26)34(51)52)15-20-1-4-23(5-2-20)39-35(53)45-11-9-25(10-12-45)54-14-13-47/h1-8,16-19,25,28,40,47H,9-15H2,(H,38,48)(H,39,53)(H,41,49)(H,42,50)(H,51,52)/t28-/m0/s1. The molecule has 6 rings (SSSR count). The maximum atomic E-state index is 13.7. The van der Waals surface area contributed by atoms with Crippen molar-refractivity contribution in [2.45, 2.75) is 31.4 Å².